The molecule has 0 fully saturated rings. The Bertz CT molecular complexity index is 1000. The summed E-state index contributed by atoms with van der Waals surface area (Å²) in [6, 6.07) is 33.4. The van der Waals surface area contributed by atoms with Gasteiger partial charge in [0.05, 0.1) is 0 Å². The molecule has 0 aliphatic heterocycles. The molecule has 0 N–H and O–H groups in total. The topological polar surface area (TPSA) is 25.8 Å². The van der Waals surface area contributed by atoms with E-state index >= 15 is 0 Å². The van der Waals surface area contributed by atoms with Crippen molar-refractivity contribution >= 4 is 0 Å². The summed E-state index contributed by atoms with van der Waals surface area (Å²) in [7, 11) is 0. The van der Waals surface area contributed by atoms with Crippen LogP contribution in [0.5, 0.6) is 0 Å². The Morgan fingerprint density at radius 3 is 2.20 bits per heavy atom. The van der Waals surface area contributed by atoms with Gasteiger partial charge in [-0.25, -0.2) is 0 Å². The number of nitrogens with zero attached hydrogens (tertiary/aromatic N) is 2. The normalized spacial score (nSPS) is 12.1. The van der Waals surface area contributed by atoms with Crippen LogP contribution in [0, 0.1) is 17.5 Å². The summed E-state index contributed by atoms with van der Waals surface area (Å²) in [4.78, 5) is 9.51. The summed E-state index contributed by atoms with van der Waals surface area (Å²) in [6.45, 7) is 6.76. The van der Waals surface area contributed by atoms with Gasteiger partial charge < -0.3 is 9.97 Å². The molecule has 2 heterocycles. The summed E-state index contributed by atoms with van der Waals surface area (Å²) in [5.41, 5.74) is 6.04. The zero-order valence-corrected chi connectivity index (χ0v) is 18.9. The molecule has 3 heteroatoms. The molecule has 0 amide bonds. The molecule has 0 saturated carbocycles. The zero-order valence-electron chi connectivity index (χ0n) is 17.4. The Labute approximate surface area is 193 Å². The van der Waals surface area contributed by atoms with Crippen molar-refractivity contribution in [3.05, 3.63) is 108 Å². The Balaban J connectivity index is 0.00000256. The first kappa shape index (κ1) is 22.1. The minimum absolute atomic E-state index is 0. The fraction of sp³-hybridized carbons (Fsp3) is 0.185. The van der Waals surface area contributed by atoms with Gasteiger partial charge in [-0.2, -0.15) is 0 Å². The Morgan fingerprint density at radius 1 is 0.767 bits per heavy atom. The predicted molar refractivity (Wildman–Crippen MR) is 118 cm³/mol. The molecule has 152 valence electrons. The van der Waals surface area contributed by atoms with Crippen molar-refractivity contribution in [1.29, 1.82) is 0 Å². The van der Waals surface area contributed by atoms with Crippen molar-refractivity contribution in [2.75, 3.05) is 0 Å². The average Bonchev–Trinajstić information content (AvgIpc) is 2.75. The summed E-state index contributed by atoms with van der Waals surface area (Å²) in [6.07, 6.45) is 1.82. The van der Waals surface area contributed by atoms with Gasteiger partial charge in [-0.3, -0.25) is 0 Å². The monoisotopic (exact) mass is 482 g/mol. The fourth-order valence-electron chi connectivity index (χ4n) is 3.71. The fourth-order valence-corrected chi connectivity index (χ4v) is 3.71. The number of pyridine rings is 2. The molecule has 0 aliphatic carbocycles. The van der Waals surface area contributed by atoms with Crippen molar-refractivity contribution in [2.24, 2.45) is 5.41 Å². The van der Waals surface area contributed by atoms with Crippen molar-refractivity contribution in [3.63, 3.8) is 0 Å². The largest absolute Gasteiger partial charge is 2.00 e. The van der Waals surface area contributed by atoms with Crippen LogP contribution in [0.4, 0.5) is 0 Å². The Morgan fingerprint density at radius 2 is 1.50 bits per heavy atom. The Kier molecular flexibility index (Phi) is 6.98. The molecule has 2 aromatic carbocycles. The van der Waals surface area contributed by atoms with E-state index in [1.165, 1.54) is 0 Å². The van der Waals surface area contributed by atoms with Gasteiger partial charge in [0.2, 0.25) is 0 Å². The maximum absolute atomic E-state index is 5.02. The second kappa shape index (κ2) is 9.48. The summed E-state index contributed by atoms with van der Waals surface area (Å²) >= 11 is 0. The quantitative estimate of drug-likeness (QED) is 0.242. The molecular weight excluding hydrogens is 459 g/mol. The van der Waals surface area contributed by atoms with E-state index in [4.69, 9.17) is 4.98 Å². The van der Waals surface area contributed by atoms with E-state index in [9.17, 15) is 0 Å². The third-order valence-corrected chi connectivity index (χ3v) is 4.99. The van der Waals surface area contributed by atoms with Crippen molar-refractivity contribution < 1.29 is 20.4 Å². The molecule has 2 nitrogen and oxygen atoms in total. The van der Waals surface area contributed by atoms with Crippen LogP contribution >= 0.6 is 0 Å². The van der Waals surface area contributed by atoms with E-state index in [0.29, 0.717) is 0 Å². The van der Waals surface area contributed by atoms with Crippen LogP contribution in [0.1, 0.15) is 37.9 Å². The molecule has 1 unspecified atom stereocenters. The molecule has 0 saturated heterocycles. The molecule has 4 aromatic rings. The first-order valence-electron chi connectivity index (χ1n) is 9.90. The molecule has 2 aromatic heterocycles. The number of hydrogen-bond donors (Lipinski definition) is 0. The van der Waals surface area contributed by atoms with Gasteiger partial charge in [-0.15, -0.1) is 71.3 Å². The molecule has 1 atom stereocenters. The maximum atomic E-state index is 5.02. The van der Waals surface area contributed by atoms with Gasteiger partial charge in [0.25, 0.3) is 0 Å². The maximum Gasteiger partial charge on any atom is 2.00 e. The van der Waals surface area contributed by atoms with E-state index < -0.39 is 0 Å². The van der Waals surface area contributed by atoms with Crippen LogP contribution in [0.15, 0.2) is 85.1 Å². The zero-order chi connectivity index (χ0) is 20.3. The number of rotatable bonds is 4. The van der Waals surface area contributed by atoms with Crippen molar-refractivity contribution in [2.45, 2.75) is 26.7 Å². The summed E-state index contributed by atoms with van der Waals surface area (Å²) < 4.78 is 0. The van der Waals surface area contributed by atoms with Crippen LogP contribution in [-0.4, -0.2) is 9.97 Å². The van der Waals surface area contributed by atoms with Gasteiger partial charge in [0.15, 0.2) is 0 Å². The predicted octanol–water partition coefficient (Wildman–Crippen LogP) is 6.59. The minimum atomic E-state index is -0.0226. The van der Waals surface area contributed by atoms with E-state index in [0.717, 1.165) is 33.8 Å². The summed E-state index contributed by atoms with van der Waals surface area (Å²) in [5, 5.41) is 0. The van der Waals surface area contributed by atoms with Crippen LogP contribution in [-0.2, 0) is 20.4 Å². The molecule has 0 bridgehead atoms. The van der Waals surface area contributed by atoms with Crippen LogP contribution in [0.2, 0.25) is 0 Å². The smallest absolute Gasteiger partial charge is 0.305 e. The molecule has 0 spiro atoms. The van der Waals surface area contributed by atoms with Gasteiger partial charge in [0, 0.05) is 17.8 Å². The molecule has 4 rings (SSSR count). The second-order valence-corrected chi connectivity index (χ2v) is 8.26. The van der Waals surface area contributed by atoms with E-state index in [-0.39, 0.29) is 31.8 Å². The van der Waals surface area contributed by atoms with Crippen LogP contribution in [0.25, 0.3) is 22.5 Å². The molecule has 30 heavy (non-hydrogen) atoms. The van der Waals surface area contributed by atoms with Crippen molar-refractivity contribution in [1.82, 2.24) is 9.97 Å². The van der Waals surface area contributed by atoms with E-state index in [1.54, 1.807) is 0 Å². The number of hydrogen-bond acceptors (Lipinski definition) is 2. The second-order valence-electron chi connectivity index (χ2n) is 8.26. The SMILES string of the molecule is CC(C)(C)C(c1[c-]c(-c2ccccn2)ccc1)c1cccc(-c2[c-]cccc2)n1.[Pd+2]. The van der Waals surface area contributed by atoms with Gasteiger partial charge >= 0.3 is 20.4 Å². The van der Waals surface area contributed by atoms with E-state index in [1.807, 2.05) is 54.7 Å². The third-order valence-electron chi connectivity index (χ3n) is 4.99. The summed E-state index contributed by atoms with van der Waals surface area (Å²) in [5.74, 6) is 0.106. The van der Waals surface area contributed by atoms with Crippen LogP contribution in [0.3, 0.4) is 0 Å². The standard InChI is InChI=1S/C27H24N2.Pd/c1-27(2,3)26(22-14-9-13-21(19-22)23-15-7-8-18-28-23)25-17-10-16-24(29-25)20-11-5-4-6-12-20;/h4-11,13-18,26H,1-3H3;/q-2;+2. The Hall–Kier alpha value is -2.60. The van der Waals surface area contributed by atoms with Crippen LogP contribution < -0.4 is 0 Å². The minimum Gasteiger partial charge on any atom is -0.305 e. The number of aromatic nitrogens is 2. The number of benzene rings is 2. The van der Waals surface area contributed by atoms with E-state index in [2.05, 4.69) is 68.2 Å². The molecule has 0 radical (unpaired) electrons. The van der Waals surface area contributed by atoms with Crippen molar-refractivity contribution in [3.8, 4) is 22.5 Å². The van der Waals surface area contributed by atoms with Gasteiger partial charge in [-0.1, -0.05) is 45.0 Å². The molecule has 0 aliphatic rings. The molecular formula is C27H24N2Pd. The first-order valence-corrected chi connectivity index (χ1v) is 9.90. The first-order chi connectivity index (χ1) is 14.0. The third kappa shape index (κ3) is 4.93. The average molecular weight is 483 g/mol. The van der Waals surface area contributed by atoms with Gasteiger partial charge in [-0.05, 0) is 28.9 Å². The van der Waals surface area contributed by atoms with Gasteiger partial charge in [0.1, 0.15) is 0 Å².